The lowest BCUT2D eigenvalue weighted by Gasteiger charge is -2.31. The molecule has 1 aromatic carbocycles. The lowest BCUT2D eigenvalue weighted by atomic mass is 9.95. The molecule has 3 rings (SSSR count). The SMILES string of the molecule is CCc1cccc(NC(=O)C2CCN(c3ccc(Cl)nn3)CC2)c1. The molecule has 0 bridgehead atoms. The number of benzene rings is 1. The maximum Gasteiger partial charge on any atom is 0.227 e. The Morgan fingerprint density at radius 2 is 2.04 bits per heavy atom. The third kappa shape index (κ3) is 4.03. The van der Waals surface area contributed by atoms with Crippen LogP contribution < -0.4 is 10.2 Å². The number of hydrogen-bond acceptors (Lipinski definition) is 4. The maximum absolute atomic E-state index is 12.5. The zero-order chi connectivity index (χ0) is 16.9. The molecule has 1 aliphatic rings. The Balaban J connectivity index is 1.55. The summed E-state index contributed by atoms with van der Waals surface area (Å²) in [7, 11) is 0. The number of piperidine rings is 1. The van der Waals surface area contributed by atoms with E-state index in [1.54, 1.807) is 6.07 Å². The summed E-state index contributed by atoms with van der Waals surface area (Å²) < 4.78 is 0. The third-order valence-corrected chi connectivity index (χ3v) is 4.61. The van der Waals surface area contributed by atoms with Crippen LogP contribution in [0.4, 0.5) is 11.5 Å². The summed E-state index contributed by atoms with van der Waals surface area (Å²) >= 11 is 5.77. The van der Waals surface area contributed by atoms with Gasteiger partial charge in [0.15, 0.2) is 11.0 Å². The first-order chi connectivity index (χ1) is 11.7. The number of carbonyl (C=O) groups excluding carboxylic acids is 1. The van der Waals surface area contributed by atoms with Crippen LogP contribution in [0.1, 0.15) is 25.3 Å². The first-order valence-corrected chi connectivity index (χ1v) is 8.67. The van der Waals surface area contributed by atoms with E-state index in [0.717, 1.165) is 43.9 Å². The van der Waals surface area contributed by atoms with Gasteiger partial charge < -0.3 is 10.2 Å². The zero-order valence-corrected chi connectivity index (χ0v) is 14.5. The fraction of sp³-hybridized carbons (Fsp3) is 0.389. The Labute approximate surface area is 147 Å². The molecule has 6 heteroatoms. The molecule has 1 fully saturated rings. The van der Waals surface area contributed by atoms with Crippen molar-refractivity contribution in [3.63, 3.8) is 0 Å². The highest BCUT2D eigenvalue weighted by Crippen LogP contribution is 2.23. The van der Waals surface area contributed by atoms with Crippen LogP contribution in [0.5, 0.6) is 0 Å². The molecular weight excluding hydrogens is 324 g/mol. The van der Waals surface area contributed by atoms with Crippen LogP contribution in [-0.4, -0.2) is 29.2 Å². The van der Waals surface area contributed by atoms with E-state index in [4.69, 9.17) is 11.6 Å². The molecule has 1 N–H and O–H groups in total. The fourth-order valence-electron chi connectivity index (χ4n) is 2.96. The number of rotatable bonds is 4. The number of amides is 1. The number of aryl methyl sites for hydroxylation is 1. The summed E-state index contributed by atoms with van der Waals surface area (Å²) in [5.41, 5.74) is 2.11. The molecule has 1 aromatic heterocycles. The van der Waals surface area contributed by atoms with Crippen LogP contribution >= 0.6 is 11.6 Å². The highest BCUT2D eigenvalue weighted by atomic mass is 35.5. The van der Waals surface area contributed by atoms with Crippen LogP contribution in [0.2, 0.25) is 5.15 Å². The Kier molecular flexibility index (Phi) is 5.30. The highest BCUT2D eigenvalue weighted by Gasteiger charge is 2.25. The van der Waals surface area contributed by atoms with Gasteiger partial charge in [-0.15, -0.1) is 10.2 Å². The number of hydrogen-bond donors (Lipinski definition) is 1. The van der Waals surface area contributed by atoms with Crippen molar-refractivity contribution in [3.8, 4) is 0 Å². The number of halogens is 1. The molecule has 2 aromatic rings. The molecule has 5 nitrogen and oxygen atoms in total. The van der Waals surface area contributed by atoms with Gasteiger partial charge in [-0.1, -0.05) is 30.7 Å². The molecule has 1 amide bonds. The smallest absolute Gasteiger partial charge is 0.227 e. The van der Waals surface area contributed by atoms with Gasteiger partial charge >= 0.3 is 0 Å². The van der Waals surface area contributed by atoms with Crippen molar-refractivity contribution in [1.82, 2.24) is 10.2 Å². The Bertz CT molecular complexity index is 696. The second kappa shape index (κ2) is 7.62. The molecule has 0 spiro atoms. The molecule has 0 saturated carbocycles. The van der Waals surface area contributed by atoms with E-state index in [2.05, 4.69) is 33.4 Å². The largest absolute Gasteiger partial charge is 0.355 e. The highest BCUT2D eigenvalue weighted by molar-refractivity contribution is 6.29. The van der Waals surface area contributed by atoms with Crippen molar-refractivity contribution in [3.05, 3.63) is 47.1 Å². The Morgan fingerprint density at radius 3 is 2.71 bits per heavy atom. The van der Waals surface area contributed by atoms with Crippen molar-refractivity contribution < 1.29 is 4.79 Å². The fourth-order valence-corrected chi connectivity index (χ4v) is 3.06. The third-order valence-electron chi connectivity index (χ3n) is 4.41. The Morgan fingerprint density at radius 1 is 1.25 bits per heavy atom. The molecule has 0 unspecified atom stereocenters. The average molecular weight is 345 g/mol. The lowest BCUT2D eigenvalue weighted by Crippen LogP contribution is -2.38. The molecular formula is C18H21ClN4O. The van der Waals surface area contributed by atoms with Crippen LogP contribution in [0.15, 0.2) is 36.4 Å². The van der Waals surface area contributed by atoms with Gasteiger partial charge in [0.25, 0.3) is 0 Å². The normalized spacial score (nSPS) is 15.3. The predicted octanol–water partition coefficient (Wildman–Crippen LogP) is 3.55. The molecule has 1 saturated heterocycles. The van der Waals surface area contributed by atoms with E-state index in [9.17, 15) is 4.79 Å². The number of anilines is 2. The standard InChI is InChI=1S/C18H21ClN4O/c1-2-13-4-3-5-15(12-13)20-18(24)14-8-10-23(11-9-14)17-7-6-16(19)21-22-17/h3-7,12,14H,2,8-11H2,1H3,(H,20,24). The minimum Gasteiger partial charge on any atom is -0.355 e. The van der Waals surface area contributed by atoms with Gasteiger partial charge in [0.2, 0.25) is 5.91 Å². The maximum atomic E-state index is 12.5. The van der Waals surface area contributed by atoms with E-state index in [1.807, 2.05) is 24.3 Å². The quantitative estimate of drug-likeness (QED) is 0.921. The van der Waals surface area contributed by atoms with E-state index >= 15 is 0 Å². The summed E-state index contributed by atoms with van der Waals surface area (Å²) in [6.07, 6.45) is 2.58. The van der Waals surface area contributed by atoms with Crippen molar-refractivity contribution in [2.75, 3.05) is 23.3 Å². The molecule has 24 heavy (non-hydrogen) atoms. The zero-order valence-electron chi connectivity index (χ0n) is 13.7. The molecule has 126 valence electrons. The molecule has 1 aliphatic heterocycles. The number of aromatic nitrogens is 2. The summed E-state index contributed by atoms with van der Waals surface area (Å²) in [4.78, 5) is 14.6. The van der Waals surface area contributed by atoms with Gasteiger partial charge in [-0.25, -0.2) is 0 Å². The van der Waals surface area contributed by atoms with Gasteiger partial charge in [-0.2, -0.15) is 0 Å². The van der Waals surface area contributed by atoms with E-state index in [1.165, 1.54) is 5.56 Å². The van der Waals surface area contributed by atoms with E-state index in [0.29, 0.717) is 5.15 Å². The average Bonchev–Trinajstić information content (AvgIpc) is 2.62. The second-order valence-corrected chi connectivity index (χ2v) is 6.41. The molecule has 2 heterocycles. The van der Waals surface area contributed by atoms with Crippen LogP contribution in [0, 0.1) is 5.92 Å². The molecule has 0 aliphatic carbocycles. The summed E-state index contributed by atoms with van der Waals surface area (Å²) in [5, 5.41) is 11.4. The first-order valence-electron chi connectivity index (χ1n) is 8.29. The first kappa shape index (κ1) is 16.7. The minimum atomic E-state index is 0.0341. The number of nitrogens with one attached hydrogen (secondary N) is 1. The van der Waals surface area contributed by atoms with Crippen molar-refractivity contribution in [2.24, 2.45) is 5.92 Å². The molecule has 0 radical (unpaired) electrons. The van der Waals surface area contributed by atoms with Crippen molar-refractivity contribution in [2.45, 2.75) is 26.2 Å². The minimum absolute atomic E-state index is 0.0341. The topological polar surface area (TPSA) is 58.1 Å². The Hall–Kier alpha value is -2.14. The van der Waals surface area contributed by atoms with Crippen molar-refractivity contribution >= 4 is 29.0 Å². The second-order valence-electron chi connectivity index (χ2n) is 6.02. The van der Waals surface area contributed by atoms with Gasteiger partial charge in [0.05, 0.1) is 0 Å². The number of nitrogens with zero attached hydrogens (tertiary/aromatic N) is 3. The monoisotopic (exact) mass is 344 g/mol. The summed E-state index contributed by atoms with van der Waals surface area (Å²) in [6.45, 7) is 3.70. The lowest BCUT2D eigenvalue weighted by molar-refractivity contribution is -0.120. The number of carbonyl (C=O) groups is 1. The summed E-state index contributed by atoms with van der Waals surface area (Å²) in [5.74, 6) is 0.950. The van der Waals surface area contributed by atoms with Crippen LogP contribution in [-0.2, 0) is 11.2 Å². The van der Waals surface area contributed by atoms with Crippen LogP contribution in [0.25, 0.3) is 0 Å². The van der Waals surface area contributed by atoms with Gasteiger partial charge in [-0.3, -0.25) is 4.79 Å². The van der Waals surface area contributed by atoms with Gasteiger partial charge in [0, 0.05) is 24.7 Å². The van der Waals surface area contributed by atoms with Gasteiger partial charge in [-0.05, 0) is 49.1 Å². The van der Waals surface area contributed by atoms with Crippen molar-refractivity contribution in [1.29, 1.82) is 0 Å². The summed E-state index contributed by atoms with van der Waals surface area (Å²) in [6, 6.07) is 11.6. The van der Waals surface area contributed by atoms with E-state index in [-0.39, 0.29) is 11.8 Å². The van der Waals surface area contributed by atoms with Gasteiger partial charge in [0.1, 0.15) is 0 Å². The predicted molar refractivity (Wildman–Crippen MR) is 96.4 cm³/mol. The molecule has 0 atom stereocenters. The van der Waals surface area contributed by atoms with E-state index < -0.39 is 0 Å². The van der Waals surface area contributed by atoms with Crippen LogP contribution in [0.3, 0.4) is 0 Å².